The fraction of sp³-hybridized carbons (Fsp3) is 0.194. The van der Waals surface area contributed by atoms with E-state index in [1.54, 1.807) is 74.5 Å². The molecule has 0 saturated carbocycles. The van der Waals surface area contributed by atoms with Gasteiger partial charge in [0.15, 0.2) is 16.3 Å². The van der Waals surface area contributed by atoms with Crippen molar-refractivity contribution >= 4 is 33.5 Å². The lowest BCUT2D eigenvalue weighted by molar-refractivity contribution is -0.139. The number of hydrogen-bond acceptors (Lipinski definition) is 10. The third kappa shape index (κ3) is 5.84. The van der Waals surface area contributed by atoms with E-state index in [9.17, 15) is 18.0 Å². The molecule has 5 rings (SSSR count). The molecule has 0 saturated heterocycles. The number of benzene rings is 3. The minimum absolute atomic E-state index is 0.000987. The summed E-state index contributed by atoms with van der Waals surface area (Å²) in [5.41, 5.74) is 1.14. The SMILES string of the molecule is CCOC(=O)C1=C(C)N=c2s/c(=C/c3ccccc3OS(=O)(=O)c3ccccc3)c(=O)n2C1c1ccc(OC)c(OC)c1. The number of aromatic nitrogens is 1. The summed E-state index contributed by atoms with van der Waals surface area (Å²) in [6.45, 7) is 3.53. The molecule has 10 nitrogen and oxygen atoms in total. The van der Waals surface area contributed by atoms with Crippen molar-refractivity contribution in [1.29, 1.82) is 0 Å². The standard InChI is InChI=1S/C31H28N2O8S2/c1-5-40-30(35)27-19(2)32-31-33(28(27)21-15-16-24(38-3)25(17-21)39-4)29(34)26(42-31)18-20-11-9-10-14-23(20)41-43(36,37)22-12-7-6-8-13-22/h6-18,28H,5H2,1-4H3/b26-18+. The van der Waals surface area contributed by atoms with E-state index >= 15 is 0 Å². The van der Waals surface area contributed by atoms with Gasteiger partial charge in [-0.05, 0) is 55.8 Å². The zero-order valence-electron chi connectivity index (χ0n) is 23.8. The molecule has 1 aliphatic heterocycles. The van der Waals surface area contributed by atoms with Crippen molar-refractivity contribution in [2.45, 2.75) is 24.8 Å². The molecule has 2 heterocycles. The average molecular weight is 621 g/mol. The number of hydrogen-bond donors (Lipinski definition) is 0. The molecule has 1 aliphatic rings. The van der Waals surface area contributed by atoms with Crippen LogP contribution < -0.4 is 28.5 Å². The van der Waals surface area contributed by atoms with E-state index in [1.807, 2.05) is 0 Å². The van der Waals surface area contributed by atoms with Crippen LogP contribution in [0.3, 0.4) is 0 Å². The van der Waals surface area contributed by atoms with Crippen LogP contribution in [0.15, 0.2) is 98.7 Å². The molecule has 0 amide bonds. The number of carbonyl (C=O) groups is 1. The van der Waals surface area contributed by atoms with Gasteiger partial charge in [0.05, 0.1) is 42.7 Å². The molecule has 4 aromatic rings. The fourth-order valence-electron chi connectivity index (χ4n) is 4.70. The van der Waals surface area contributed by atoms with Gasteiger partial charge in [0.2, 0.25) is 0 Å². The topological polar surface area (TPSA) is 122 Å². The second kappa shape index (κ2) is 12.3. The van der Waals surface area contributed by atoms with E-state index in [0.29, 0.717) is 33.1 Å². The molecule has 43 heavy (non-hydrogen) atoms. The number of para-hydroxylation sites is 1. The lowest BCUT2D eigenvalue weighted by Crippen LogP contribution is -2.40. The van der Waals surface area contributed by atoms with Crippen LogP contribution in [0.4, 0.5) is 0 Å². The number of ether oxygens (including phenoxy) is 3. The van der Waals surface area contributed by atoms with Crippen LogP contribution >= 0.6 is 11.3 Å². The Morgan fingerprint density at radius 1 is 0.977 bits per heavy atom. The second-order valence-corrected chi connectivity index (χ2v) is 11.9. The second-order valence-electron chi connectivity index (χ2n) is 9.31. The smallest absolute Gasteiger partial charge is 0.339 e. The van der Waals surface area contributed by atoms with E-state index in [0.717, 1.165) is 11.3 Å². The van der Waals surface area contributed by atoms with Crippen molar-refractivity contribution in [2.24, 2.45) is 4.99 Å². The number of methoxy groups -OCH3 is 2. The molecular weight excluding hydrogens is 592 g/mol. The van der Waals surface area contributed by atoms with Crippen molar-refractivity contribution < 1.29 is 31.6 Å². The Kier molecular flexibility index (Phi) is 8.51. The van der Waals surface area contributed by atoms with Crippen molar-refractivity contribution in [3.63, 3.8) is 0 Å². The van der Waals surface area contributed by atoms with Gasteiger partial charge in [-0.3, -0.25) is 9.36 Å². The Hall–Kier alpha value is -4.68. The summed E-state index contributed by atoms with van der Waals surface area (Å²) in [7, 11) is -1.11. The number of carbonyl (C=O) groups excluding carboxylic acids is 1. The van der Waals surface area contributed by atoms with E-state index in [1.165, 1.54) is 37.0 Å². The molecule has 1 unspecified atom stereocenters. The first-order chi connectivity index (χ1) is 20.7. The molecule has 0 N–H and O–H groups in total. The van der Waals surface area contributed by atoms with Gasteiger partial charge in [0, 0.05) is 5.56 Å². The first-order valence-electron chi connectivity index (χ1n) is 13.2. The van der Waals surface area contributed by atoms with Crippen molar-refractivity contribution in [1.82, 2.24) is 4.57 Å². The van der Waals surface area contributed by atoms with Gasteiger partial charge in [-0.15, -0.1) is 0 Å². The van der Waals surface area contributed by atoms with E-state index in [-0.39, 0.29) is 27.4 Å². The van der Waals surface area contributed by atoms with Crippen LogP contribution in [0.5, 0.6) is 17.2 Å². The molecule has 0 bridgehead atoms. The van der Waals surface area contributed by atoms with Crippen LogP contribution in [0, 0.1) is 0 Å². The van der Waals surface area contributed by atoms with Gasteiger partial charge in [0.25, 0.3) is 5.56 Å². The number of allylic oxidation sites excluding steroid dienone is 1. The lowest BCUT2D eigenvalue weighted by Gasteiger charge is -2.25. The van der Waals surface area contributed by atoms with Gasteiger partial charge in [-0.1, -0.05) is 53.8 Å². The molecule has 0 radical (unpaired) electrons. The van der Waals surface area contributed by atoms with Crippen LogP contribution in [0.2, 0.25) is 0 Å². The summed E-state index contributed by atoms with van der Waals surface area (Å²) in [6, 6.07) is 18.6. The number of thiazole rings is 1. The molecule has 1 aromatic heterocycles. The Morgan fingerprint density at radius 2 is 1.67 bits per heavy atom. The largest absolute Gasteiger partial charge is 0.493 e. The first kappa shape index (κ1) is 29.8. The van der Waals surface area contributed by atoms with Crippen LogP contribution in [0.25, 0.3) is 6.08 Å². The summed E-state index contributed by atoms with van der Waals surface area (Å²) in [5.74, 6) is 0.365. The molecular formula is C31H28N2O8S2. The van der Waals surface area contributed by atoms with Crippen LogP contribution in [0.1, 0.15) is 31.0 Å². The highest BCUT2D eigenvalue weighted by Crippen LogP contribution is 2.36. The minimum Gasteiger partial charge on any atom is -0.493 e. The summed E-state index contributed by atoms with van der Waals surface area (Å²) < 4.78 is 49.3. The Labute approximate surface area is 251 Å². The maximum Gasteiger partial charge on any atom is 0.339 e. The Morgan fingerprint density at radius 3 is 2.37 bits per heavy atom. The van der Waals surface area contributed by atoms with Gasteiger partial charge in [-0.25, -0.2) is 9.79 Å². The lowest BCUT2D eigenvalue weighted by atomic mass is 9.95. The third-order valence-corrected chi connectivity index (χ3v) is 8.91. The highest BCUT2D eigenvalue weighted by atomic mass is 32.2. The number of fused-ring (bicyclic) bond motifs is 1. The molecule has 0 aliphatic carbocycles. The zero-order chi connectivity index (χ0) is 30.7. The minimum atomic E-state index is -4.13. The fourth-order valence-corrected chi connectivity index (χ4v) is 6.71. The molecule has 3 aromatic carbocycles. The predicted octanol–water partition coefficient (Wildman–Crippen LogP) is 3.58. The zero-order valence-corrected chi connectivity index (χ0v) is 25.4. The summed E-state index contributed by atoms with van der Waals surface area (Å²) in [4.78, 5) is 32.2. The predicted molar refractivity (Wildman–Crippen MR) is 161 cm³/mol. The summed E-state index contributed by atoms with van der Waals surface area (Å²) in [6.07, 6.45) is 1.55. The van der Waals surface area contributed by atoms with Crippen LogP contribution in [-0.4, -0.2) is 39.8 Å². The highest BCUT2D eigenvalue weighted by Gasteiger charge is 2.34. The van der Waals surface area contributed by atoms with Gasteiger partial charge in [0.1, 0.15) is 10.6 Å². The van der Waals surface area contributed by atoms with Gasteiger partial charge in [-0.2, -0.15) is 8.42 Å². The monoisotopic (exact) mass is 620 g/mol. The molecule has 0 fully saturated rings. The van der Waals surface area contributed by atoms with Crippen molar-refractivity contribution in [2.75, 3.05) is 20.8 Å². The summed E-state index contributed by atoms with van der Waals surface area (Å²) in [5, 5.41) is 0. The normalized spacial score (nSPS) is 15.0. The number of esters is 1. The third-order valence-electron chi connectivity index (χ3n) is 6.68. The van der Waals surface area contributed by atoms with E-state index < -0.39 is 27.7 Å². The highest BCUT2D eigenvalue weighted by molar-refractivity contribution is 7.87. The molecule has 222 valence electrons. The van der Waals surface area contributed by atoms with E-state index in [4.69, 9.17) is 18.4 Å². The Bertz CT molecular complexity index is 2010. The quantitative estimate of drug-likeness (QED) is 0.206. The summed E-state index contributed by atoms with van der Waals surface area (Å²) >= 11 is 1.11. The average Bonchev–Trinajstić information content (AvgIpc) is 3.31. The number of nitrogens with zero attached hydrogens (tertiary/aromatic N) is 2. The molecule has 12 heteroatoms. The maximum absolute atomic E-state index is 14.0. The maximum atomic E-state index is 14.0. The van der Waals surface area contributed by atoms with Gasteiger partial charge < -0.3 is 18.4 Å². The molecule has 1 atom stereocenters. The molecule has 0 spiro atoms. The van der Waals surface area contributed by atoms with Crippen molar-refractivity contribution in [3.8, 4) is 17.2 Å². The van der Waals surface area contributed by atoms with E-state index in [2.05, 4.69) is 4.99 Å². The van der Waals surface area contributed by atoms with Crippen molar-refractivity contribution in [3.05, 3.63) is 115 Å². The van der Waals surface area contributed by atoms with Gasteiger partial charge >= 0.3 is 16.1 Å². The Balaban J connectivity index is 1.67. The van der Waals surface area contributed by atoms with Crippen LogP contribution in [-0.2, 0) is 19.6 Å². The number of rotatable bonds is 9. The first-order valence-corrected chi connectivity index (χ1v) is 15.4.